The Hall–Kier alpha value is -2.36. The maximum atomic E-state index is 12.0. The van der Waals surface area contributed by atoms with E-state index in [1.807, 2.05) is 19.1 Å². The van der Waals surface area contributed by atoms with Gasteiger partial charge < -0.3 is 10.1 Å². The van der Waals surface area contributed by atoms with Crippen LogP contribution in [0.25, 0.3) is 0 Å². The smallest absolute Gasteiger partial charge is 0.257 e. The Labute approximate surface area is 106 Å². The number of ether oxygens (including phenoxy) is 1. The molecule has 0 unspecified atom stereocenters. The lowest BCUT2D eigenvalue weighted by Crippen LogP contribution is -2.12. The molecule has 1 aromatic heterocycles. The third-order valence-electron chi connectivity index (χ3n) is 2.53. The van der Waals surface area contributed by atoms with E-state index in [-0.39, 0.29) is 5.91 Å². The Kier molecular flexibility index (Phi) is 3.57. The summed E-state index contributed by atoms with van der Waals surface area (Å²) in [6.07, 6.45) is 1.56. The number of benzene rings is 1. The van der Waals surface area contributed by atoms with Gasteiger partial charge in [0.2, 0.25) is 0 Å². The van der Waals surface area contributed by atoms with Crippen molar-refractivity contribution in [3.63, 3.8) is 0 Å². The van der Waals surface area contributed by atoms with Crippen molar-refractivity contribution >= 4 is 11.6 Å². The van der Waals surface area contributed by atoms with Gasteiger partial charge in [0.15, 0.2) is 0 Å². The molecular formula is C14H14N2O2. The highest BCUT2D eigenvalue weighted by atomic mass is 16.5. The van der Waals surface area contributed by atoms with Gasteiger partial charge in [0.05, 0.1) is 18.4 Å². The van der Waals surface area contributed by atoms with Crippen molar-refractivity contribution in [3.8, 4) is 5.75 Å². The van der Waals surface area contributed by atoms with Gasteiger partial charge in [-0.1, -0.05) is 12.1 Å². The van der Waals surface area contributed by atoms with Crippen LogP contribution in [0.3, 0.4) is 0 Å². The molecule has 92 valence electrons. The third kappa shape index (κ3) is 2.66. The highest BCUT2D eigenvalue weighted by Gasteiger charge is 2.09. The van der Waals surface area contributed by atoms with Crippen molar-refractivity contribution in [1.29, 1.82) is 0 Å². The largest absolute Gasteiger partial charge is 0.495 e. The summed E-state index contributed by atoms with van der Waals surface area (Å²) in [5.41, 5.74) is 2.04. The third-order valence-corrected chi connectivity index (χ3v) is 2.53. The van der Waals surface area contributed by atoms with Crippen molar-refractivity contribution in [2.24, 2.45) is 0 Å². The molecule has 1 aromatic carbocycles. The molecule has 1 N–H and O–H groups in total. The number of aromatic nitrogens is 1. The van der Waals surface area contributed by atoms with E-state index in [0.717, 1.165) is 5.69 Å². The van der Waals surface area contributed by atoms with Gasteiger partial charge in [0.25, 0.3) is 5.91 Å². The molecule has 0 aliphatic carbocycles. The van der Waals surface area contributed by atoms with E-state index in [0.29, 0.717) is 17.0 Å². The Morgan fingerprint density at radius 2 is 2.00 bits per heavy atom. The summed E-state index contributed by atoms with van der Waals surface area (Å²) in [6, 6.07) is 10.8. The molecule has 0 saturated carbocycles. The molecule has 0 atom stereocenters. The molecule has 4 nitrogen and oxygen atoms in total. The number of amides is 1. The average molecular weight is 242 g/mol. The minimum atomic E-state index is -0.202. The maximum absolute atomic E-state index is 12.0. The predicted molar refractivity (Wildman–Crippen MR) is 69.9 cm³/mol. The standard InChI is InChI=1S/C14H14N2O2/c1-10-7-8-11(9-15-10)14(17)16-12-5-3-4-6-13(12)18-2/h3-9H,1-2H3,(H,16,17). The predicted octanol–water partition coefficient (Wildman–Crippen LogP) is 2.65. The number of anilines is 1. The molecule has 18 heavy (non-hydrogen) atoms. The van der Waals surface area contributed by atoms with E-state index < -0.39 is 0 Å². The molecule has 1 heterocycles. The van der Waals surface area contributed by atoms with Crippen molar-refractivity contribution < 1.29 is 9.53 Å². The second kappa shape index (κ2) is 5.31. The highest BCUT2D eigenvalue weighted by Crippen LogP contribution is 2.23. The zero-order chi connectivity index (χ0) is 13.0. The normalized spacial score (nSPS) is 9.89. The molecule has 2 aromatic rings. The number of para-hydroxylation sites is 2. The molecule has 1 amide bonds. The van der Waals surface area contributed by atoms with Crippen LogP contribution in [0.15, 0.2) is 42.6 Å². The molecule has 0 radical (unpaired) electrons. The number of carbonyl (C=O) groups is 1. The van der Waals surface area contributed by atoms with Crippen molar-refractivity contribution in [3.05, 3.63) is 53.9 Å². The fourth-order valence-corrected chi connectivity index (χ4v) is 1.54. The van der Waals surface area contributed by atoms with Crippen LogP contribution in [0.4, 0.5) is 5.69 Å². The average Bonchev–Trinajstić information content (AvgIpc) is 2.40. The van der Waals surface area contributed by atoms with Crippen LogP contribution < -0.4 is 10.1 Å². The summed E-state index contributed by atoms with van der Waals surface area (Å²) in [5, 5.41) is 2.79. The molecule has 4 heteroatoms. The van der Waals surface area contributed by atoms with Crippen LogP contribution in [0.2, 0.25) is 0 Å². The Morgan fingerprint density at radius 3 is 2.67 bits per heavy atom. The summed E-state index contributed by atoms with van der Waals surface area (Å²) in [6.45, 7) is 1.88. The number of rotatable bonds is 3. The SMILES string of the molecule is COc1ccccc1NC(=O)c1ccc(C)nc1. The second-order valence-electron chi connectivity index (χ2n) is 3.84. The zero-order valence-corrected chi connectivity index (χ0v) is 10.3. The number of aryl methyl sites for hydroxylation is 1. The summed E-state index contributed by atoms with van der Waals surface area (Å²) < 4.78 is 5.17. The van der Waals surface area contributed by atoms with Gasteiger partial charge in [-0.25, -0.2) is 0 Å². The van der Waals surface area contributed by atoms with Gasteiger partial charge in [-0.05, 0) is 31.2 Å². The van der Waals surface area contributed by atoms with Crippen LogP contribution in [0.1, 0.15) is 16.1 Å². The highest BCUT2D eigenvalue weighted by molar-refractivity contribution is 6.04. The van der Waals surface area contributed by atoms with E-state index in [4.69, 9.17) is 4.74 Å². The Bertz CT molecular complexity index is 550. The molecule has 0 aliphatic heterocycles. The van der Waals surface area contributed by atoms with Crippen LogP contribution in [-0.4, -0.2) is 18.0 Å². The zero-order valence-electron chi connectivity index (χ0n) is 10.3. The molecular weight excluding hydrogens is 228 g/mol. The van der Waals surface area contributed by atoms with Gasteiger partial charge in [0.1, 0.15) is 5.75 Å². The summed E-state index contributed by atoms with van der Waals surface area (Å²) in [7, 11) is 1.57. The van der Waals surface area contributed by atoms with Gasteiger partial charge in [-0.3, -0.25) is 9.78 Å². The molecule has 0 spiro atoms. The van der Waals surface area contributed by atoms with E-state index >= 15 is 0 Å². The first kappa shape index (κ1) is 12.1. The van der Waals surface area contributed by atoms with Crippen molar-refractivity contribution in [1.82, 2.24) is 4.98 Å². The number of nitrogens with zero attached hydrogens (tertiary/aromatic N) is 1. The first-order valence-electron chi connectivity index (χ1n) is 5.58. The van der Waals surface area contributed by atoms with Crippen LogP contribution in [-0.2, 0) is 0 Å². The van der Waals surface area contributed by atoms with E-state index in [1.54, 1.807) is 37.6 Å². The van der Waals surface area contributed by atoms with Gasteiger partial charge >= 0.3 is 0 Å². The van der Waals surface area contributed by atoms with E-state index in [9.17, 15) is 4.79 Å². The van der Waals surface area contributed by atoms with E-state index in [2.05, 4.69) is 10.3 Å². The van der Waals surface area contributed by atoms with Crippen LogP contribution in [0.5, 0.6) is 5.75 Å². The quantitative estimate of drug-likeness (QED) is 0.900. The maximum Gasteiger partial charge on any atom is 0.257 e. The summed E-state index contributed by atoms with van der Waals surface area (Å²) in [5.74, 6) is 0.429. The van der Waals surface area contributed by atoms with Crippen molar-refractivity contribution in [2.75, 3.05) is 12.4 Å². The minimum absolute atomic E-state index is 0.202. The monoisotopic (exact) mass is 242 g/mol. The fourth-order valence-electron chi connectivity index (χ4n) is 1.54. The molecule has 0 bridgehead atoms. The molecule has 0 fully saturated rings. The Morgan fingerprint density at radius 1 is 1.22 bits per heavy atom. The lowest BCUT2D eigenvalue weighted by molar-refractivity contribution is 0.102. The topological polar surface area (TPSA) is 51.2 Å². The van der Waals surface area contributed by atoms with E-state index in [1.165, 1.54) is 0 Å². The van der Waals surface area contributed by atoms with Crippen molar-refractivity contribution in [2.45, 2.75) is 6.92 Å². The lowest BCUT2D eigenvalue weighted by Gasteiger charge is -2.09. The van der Waals surface area contributed by atoms with Gasteiger partial charge in [0, 0.05) is 11.9 Å². The first-order chi connectivity index (χ1) is 8.70. The number of nitrogens with one attached hydrogen (secondary N) is 1. The summed E-state index contributed by atoms with van der Waals surface area (Å²) in [4.78, 5) is 16.1. The molecule has 2 rings (SSSR count). The number of methoxy groups -OCH3 is 1. The Balaban J connectivity index is 2.18. The lowest BCUT2D eigenvalue weighted by atomic mass is 10.2. The molecule has 0 saturated heterocycles. The second-order valence-corrected chi connectivity index (χ2v) is 3.84. The fraction of sp³-hybridized carbons (Fsp3) is 0.143. The minimum Gasteiger partial charge on any atom is -0.495 e. The molecule has 0 aliphatic rings. The number of pyridine rings is 1. The van der Waals surface area contributed by atoms with Gasteiger partial charge in [-0.15, -0.1) is 0 Å². The van der Waals surface area contributed by atoms with Gasteiger partial charge in [-0.2, -0.15) is 0 Å². The number of hydrogen-bond donors (Lipinski definition) is 1. The summed E-state index contributed by atoms with van der Waals surface area (Å²) >= 11 is 0. The number of carbonyl (C=O) groups excluding carboxylic acids is 1. The number of hydrogen-bond acceptors (Lipinski definition) is 3. The first-order valence-corrected chi connectivity index (χ1v) is 5.58. The van der Waals surface area contributed by atoms with Crippen LogP contribution >= 0.6 is 0 Å². The van der Waals surface area contributed by atoms with Crippen LogP contribution in [0, 0.1) is 6.92 Å².